The van der Waals surface area contributed by atoms with Crippen LogP contribution in [0.5, 0.6) is 17.2 Å². The highest BCUT2D eigenvalue weighted by atomic mass is 16.5. The second-order valence-electron chi connectivity index (χ2n) is 6.81. The van der Waals surface area contributed by atoms with E-state index in [0.29, 0.717) is 22.8 Å². The number of benzene rings is 3. The monoisotopic (exact) mass is 400 g/mol. The van der Waals surface area contributed by atoms with Gasteiger partial charge in [0.25, 0.3) is 5.91 Å². The third-order valence-electron chi connectivity index (χ3n) is 5.06. The van der Waals surface area contributed by atoms with E-state index in [1.165, 1.54) is 0 Å². The molecule has 0 N–H and O–H groups in total. The van der Waals surface area contributed by atoms with Gasteiger partial charge in [0.2, 0.25) is 6.10 Å². The first-order chi connectivity index (χ1) is 14.6. The molecule has 3 aromatic carbocycles. The first kappa shape index (κ1) is 19.3. The minimum absolute atomic E-state index is 0.157. The zero-order valence-corrected chi connectivity index (χ0v) is 16.6. The summed E-state index contributed by atoms with van der Waals surface area (Å²) < 4.78 is 16.6. The maximum atomic E-state index is 13.1. The largest absolute Gasteiger partial charge is 0.497 e. The Morgan fingerprint density at radius 1 is 0.867 bits per heavy atom. The lowest BCUT2D eigenvalue weighted by Crippen LogP contribution is -2.61. The van der Waals surface area contributed by atoms with Crippen molar-refractivity contribution in [3.8, 4) is 23.3 Å². The summed E-state index contributed by atoms with van der Waals surface area (Å²) in [6, 6.07) is 23.4. The molecular weight excluding hydrogens is 380 g/mol. The maximum Gasteiger partial charge on any atom is 0.271 e. The summed E-state index contributed by atoms with van der Waals surface area (Å²) in [6.45, 7) is 0. The second-order valence-corrected chi connectivity index (χ2v) is 6.81. The first-order valence-electron chi connectivity index (χ1n) is 9.42. The standard InChI is InChI=1S/C24H20N2O4/c1-28-19-11-9-18(10-12-19)26-22(17-6-4-7-20(14-17)29-2)23(24(26)27)30-21-8-3-5-16(13-21)15-25/h3-14,22-23H,1-2H3/t22-,23-/m1/s1. The van der Waals surface area contributed by atoms with Gasteiger partial charge < -0.3 is 14.2 Å². The molecule has 4 rings (SSSR count). The van der Waals surface area contributed by atoms with Gasteiger partial charge in [0.15, 0.2) is 0 Å². The molecule has 0 saturated carbocycles. The molecule has 1 heterocycles. The second kappa shape index (κ2) is 8.18. The van der Waals surface area contributed by atoms with Gasteiger partial charge in [0.05, 0.1) is 25.9 Å². The van der Waals surface area contributed by atoms with Crippen molar-refractivity contribution in [3.63, 3.8) is 0 Å². The van der Waals surface area contributed by atoms with Crippen molar-refractivity contribution < 1.29 is 19.0 Å². The Morgan fingerprint density at radius 2 is 1.57 bits per heavy atom. The van der Waals surface area contributed by atoms with E-state index in [0.717, 1.165) is 11.3 Å². The van der Waals surface area contributed by atoms with Crippen LogP contribution < -0.4 is 19.1 Å². The summed E-state index contributed by atoms with van der Waals surface area (Å²) in [5.74, 6) is 1.74. The lowest BCUT2D eigenvalue weighted by atomic mass is 9.89. The Hall–Kier alpha value is -3.98. The fourth-order valence-corrected chi connectivity index (χ4v) is 3.54. The van der Waals surface area contributed by atoms with Gasteiger partial charge in [-0.05, 0) is 60.2 Å². The van der Waals surface area contributed by atoms with Crippen LogP contribution in [0.4, 0.5) is 5.69 Å². The van der Waals surface area contributed by atoms with Gasteiger partial charge in [0, 0.05) is 5.69 Å². The fourth-order valence-electron chi connectivity index (χ4n) is 3.54. The average molecular weight is 400 g/mol. The summed E-state index contributed by atoms with van der Waals surface area (Å²) >= 11 is 0. The number of β-lactam (4-membered cyclic amide) rings is 1. The van der Waals surface area contributed by atoms with Crippen molar-refractivity contribution in [3.05, 3.63) is 83.9 Å². The molecule has 1 aliphatic heterocycles. The van der Waals surface area contributed by atoms with Gasteiger partial charge in [-0.25, -0.2) is 0 Å². The average Bonchev–Trinajstić information content (AvgIpc) is 2.81. The van der Waals surface area contributed by atoms with E-state index in [4.69, 9.17) is 19.5 Å². The first-order valence-corrected chi connectivity index (χ1v) is 9.42. The van der Waals surface area contributed by atoms with E-state index in [9.17, 15) is 4.79 Å². The van der Waals surface area contributed by atoms with Crippen molar-refractivity contribution in [1.29, 1.82) is 5.26 Å². The van der Waals surface area contributed by atoms with E-state index >= 15 is 0 Å². The molecule has 30 heavy (non-hydrogen) atoms. The van der Waals surface area contributed by atoms with Crippen LogP contribution in [0.3, 0.4) is 0 Å². The number of carbonyl (C=O) groups is 1. The minimum Gasteiger partial charge on any atom is -0.497 e. The SMILES string of the molecule is COc1ccc(N2C(=O)[C@H](Oc3cccc(C#N)c3)[C@H]2c2cccc(OC)c2)cc1. The predicted octanol–water partition coefficient (Wildman–Crippen LogP) is 4.11. The number of nitriles is 1. The minimum atomic E-state index is -0.715. The van der Waals surface area contributed by atoms with Crippen LogP contribution in [-0.2, 0) is 4.79 Å². The zero-order chi connectivity index (χ0) is 21.1. The molecule has 1 saturated heterocycles. The number of anilines is 1. The number of methoxy groups -OCH3 is 2. The highest BCUT2D eigenvalue weighted by Crippen LogP contribution is 2.42. The van der Waals surface area contributed by atoms with Crippen LogP contribution in [0.2, 0.25) is 0 Å². The maximum absolute atomic E-state index is 13.1. The molecule has 1 amide bonds. The Labute approximate surface area is 174 Å². The molecule has 0 spiro atoms. The number of amides is 1. The van der Waals surface area contributed by atoms with Crippen molar-refractivity contribution in [1.82, 2.24) is 0 Å². The van der Waals surface area contributed by atoms with Crippen molar-refractivity contribution >= 4 is 11.6 Å². The normalized spacial score (nSPS) is 17.6. The molecule has 1 aliphatic rings. The Morgan fingerprint density at radius 3 is 2.27 bits per heavy atom. The van der Waals surface area contributed by atoms with Crippen LogP contribution >= 0.6 is 0 Å². The summed E-state index contributed by atoms with van der Waals surface area (Å²) in [4.78, 5) is 14.8. The van der Waals surface area contributed by atoms with Gasteiger partial charge in [-0.1, -0.05) is 18.2 Å². The van der Waals surface area contributed by atoms with Crippen molar-refractivity contribution in [2.75, 3.05) is 19.1 Å². The van der Waals surface area contributed by atoms with Gasteiger partial charge in [-0.3, -0.25) is 9.69 Å². The topological polar surface area (TPSA) is 71.8 Å². The van der Waals surface area contributed by atoms with Gasteiger partial charge >= 0.3 is 0 Å². The molecule has 0 aliphatic carbocycles. The Bertz CT molecular complexity index is 1100. The molecule has 1 fully saturated rings. The lowest BCUT2D eigenvalue weighted by Gasteiger charge is -2.46. The molecule has 6 heteroatoms. The summed E-state index contributed by atoms with van der Waals surface area (Å²) in [5.41, 5.74) is 2.12. The number of hydrogen-bond donors (Lipinski definition) is 0. The third kappa shape index (κ3) is 3.53. The summed E-state index contributed by atoms with van der Waals surface area (Å²) in [7, 11) is 3.20. The zero-order valence-electron chi connectivity index (χ0n) is 16.6. The molecule has 2 atom stereocenters. The number of rotatable bonds is 6. The van der Waals surface area contributed by atoms with E-state index in [1.54, 1.807) is 43.4 Å². The molecule has 0 bridgehead atoms. The number of carbonyl (C=O) groups excluding carboxylic acids is 1. The van der Waals surface area contributed by atoms with Crippen LogP contribution in [-0.4, -0.2) is 26.2 Å². The van der Waals surface area contributed by atoms with Gasteiger partial charge in [0.1, 0.15) is 23.3 Å². The number of ether oxygens (including phenoxy) is 3. The van der Waals surface area contributed by atoms with Crippen LogP contribution in [0, 0.1) is 11.3 Å². The van der Waals surface area contributed by atoms with E-state index in [1.807, 2.05) is 48.5 Å². The predicted molar refractivity (Wildman–Crippen MR) is 112 cm³/mol. The molecule has 0 aromatic heterocycles. The molecule has 6 nitrogen and oxygen atoms in total. The number of hydrogen-bond acceptors (Lipinski definition) is 5. The fraction of sp³-hybridized carbons (Fsp3) is 0.167. The molecular formula is C24H20N2O4. The molecule has 0 unspecified atom stereocenters. The number of nitrogens with zero attached hydrogens (tertiary/aromatic N) is 2. The van der Waals surface area contributed by atoms with Crippen molar-refractivity contribution in [2.45, 2.75) is 12.1 Å². The molecule has 3 aromatic rings. The van der Waals surface area contributed by atoms with Crippen LogP contribution in [0.15, 0.2) is 72.8 Å². The van der Waals surface area contributed by atoms with Gasteiger partial charge in [-0.2, -0.15) is 5.26 Å². The Kier molecular flexibility index (Phi) is 5.27. The van der Waals surface area contributed by atoms with Crippen LogP contribution in [0.25, 0.3) is 0 Å². The quantitative estimate of drug-likeness (QED) is 0.582. The van der Waals surface area contributed by atoms with E-state index in [2.05, 4.69) is 6.07 Å². The molecule has 0 radical (unpaired) electrons. The smallest absolute Gasteiger partial charge is 0.271 e. The highest BCUT2D eigenvalue weighted by Gasteiger charge is 2.51. The lowest BCUT2D eigenvalue weighted by molar-refractivity contribution is -0.135. The molecule has 150 valence electrons. The van der Waals surface area contributed by atoms with Gasteiger partial charge in [-0.15, -0.1) is 0 Å². The summed E-state index contributed by atoms with van der Waals surface area (Å²) in [5, 5.41) is 9.14. The summed E-state index contributed by atoms with van der Waals surface area (Å²) in [6.07, 6.45) is -0.715. The third-order valence-corrected chi connectivity index (χ3v) is 5.06. The highest BCUT2D eigenvalue weighted by molar-refractivity contribution is 6.05. The van der Waals surface area contributed by atoms with E-state index in [-0.39, 0.29) is 11.9 Å². The Balaban J connectivity index is 1.69. The van der Waals surface area contributed by atoms with Crippen LogP contribution in [0.1, 0.15) is 17.2 Å². The van der Waals surface area contributed by atoms with Crippen molar-refractivity contribution in [2.24, 2.45) is 0 Å². The van der Waals surface area contributed by atoms with E-state index < -0.39 is 6.10 Å².